The van der Waals surface area contributed by atoms with Crippen molar-refractivity contribution in [3.05, 3.63) is 68.3 Å². The van der Waals surface area contributed by atoms with Crippen LogP contribution in [0.25, 0.3) is 0 Å². The lowest BCUT2D eigenvalue weighted by Crippen LogP contribution is -2.11. The molecule has 0 amide bonds. The number of nitrogens with zero attached hydrogens (tertiary/aromatic N) is 4. The molecule has 0 saturated heterocycles. The fraction of sp³-hybridized carbons (Fsp3) is 0.0714. The lowest BCUT2D eigenvalue weighted by molar-refractivity contribution is -0.393. The second kappa shape index (κ2) is 6.52. The Bertz CT molecular complexity index is 790. The Balaban J connectivity index is 2.35. The van der Waals surface area contributed by atoms with E-state index in [0.717, 1.165) is 12.1 Å². The molecule has 9 heteroatoms. The van der Waals surface area contributed by atoms with Gasteiger partial charge in [-0.15, -0.1) is 0 Å². The molecule has 2 aromatic carbocycles. The van der Waals surface area contributed by atoms with Gasteiger partial charge in [0.05, 0.1) is 22.1 Å². The molecule has 2 aromatic rings. The number of rotatable bonds is 5. The number of hydrazone groups is 1. The number of phenols is 1. The van der Waals surface area contributed by atoms with Crippen LogP contribution < -0.4 is 5.01 Å². The van der Waals surface area contributed by atoms with Crippen LogP contribution in [0.5, 0.6) is 5.75 Å². The quantitative estimate of drug-likeness (QED) is 0.514. The number of para-hydroxylation sites is 1. The molecular weight excluding hydrogens is 304 g/mol. The number of nitro groups is 2. The monoisotopic (exact) mass is 316 g/mol. The van der Waals surface area contributed by atoms with Crippen LogP contribution in [0.1, 0.15) is 5.56 Å². The largest absolute Gasteiger partial charge is 0.507 e. The lowest BCUT2D eigenvalue weighted by atomic mass is 10.2. The molecule has 0 atom stereocenters. The van der Waals surface area contributed by atoms with Crippen molar-refractivity contribution in [1.29, 1.82) is 0 Å². The van der Waals surface area contributed by atoms with Crippen LogP contribution in [0.3, 0.4) is 0 Å². The van der Waals surface area contributed by atoms with E-state index < -0.39 is 15.5 Å². The van der Waals surface area contributed by atoms with Gasteiger partial charge in [0, 0.05) is 18.7 Å². The van der Waals surface area contributed by atoms with Crippen molar-refractivity contribution in [3.63, 3.8) is 0 Å². The van der Waals surface area contributed by atoms with Crippen molar-refractivity contribution in [2.45, 2.75) is 0 Å². The zero-order chi connectivity index (χ0) is 17.0. The number of benzene rings is 2. The van der Waals surface area contributed by atoms with Gasteiger partial charge in [-0.3, -0.25) is 25.2 Å². The molecule has 0 fully saturated rings. The molecule has 0 saturated carbocycles. The minimum Gasteiger partial charge on any atom is -0.507 e. The highest BCUT2D eigenvalue weighted by Crippen LogP contribution is 2.31. The summed E-state index contributed by atoms with van der Waals surface area (Å²) in [5.41, 5.74) is -0.286. The fourth-order valence-electron chi connectivity index (χ4n) is 1.85. The Morgan fingerprint density at radius 1 is 1.13 bits per heavy atom. The number of non-ortho nitro benzene ring substituents is 1. The smallest absolute Gasteiger partial charge is 0.301 e. The molecule has 0 spiro atoms. The third-order valence-electron chi connectivity index (χ3n) is 3.02. The highest BCUT2D eigenvalue weighted by atomic mass is 16.6. The molecule has 0 aliphatic carbocycles. The molecule has 9 nitrogen and oxygen atoms in total. The van der Waals surface area contributed by atoms with Crippen LogP contribution in [-0.4, -0.2) is 28.2 Å². The number of phenolic OH excluding ortho intramolecular Hbond substituents is 1. The Kier molecular flexibility index (Phi) is 4.50. The summed E-state index contributed by atoms with van der Waals surface area (Å²) in [7, 11) is 1.46. The Labute approximate surface area is 130 Å². The second-order valence-corrected chi connectivity index (χ2v) is 4.51. The summed E-state index contributed by atoms with van der Waals surface area (Å²) in [4.78, 5) is 20.4. The normalized spacial score (nSPS) is 10.7. The topological polar surface area (TPSA) is 122 Å². The molecule has 0 aliphatic heterocycles. The predicted octanol–water partition coefficient (Wildman–Crippen LogP) is 2.68. The van der Waals surface area contributed by atoms with Crippen LogP contribution in [-0.2, 0) is 0 Å². The average Bonchev–Trinajstić information content (AvgIpc) is 2.53. The molecule has 0 radical (unpaired) electrons. The van der Waals surface area contributed by atoms with Gasteiger partial charge in [0.2, 0.25) is 0 Å². The first-order chi connectivity index (χ1) is 10.9. The van der Waals surface area contributed by atoms with Crippen molar-refractivity contribution in [1.82, 2.24) is 0 Å². The van der Waals surface area contributed by atoms with E-state index in [1.807, 2.05) is 0 Å². The number of aromatic hydroxyl groups is 1. The third kappa shape index (κ3) is 3.59. The zero-order valence-electron chi connectivity index (χ0n) is 12.0. The highest BCUT2D eigenvalue weighted by molar-refractivity contribution is 5.84. The lowest BCUT2D eigenvalue weighted by Gasteiger charge is -2.12. The van der Waals surface area contributed by atoms with Gasteiger partial charge in [0.1, 0.15) is 11.4 Å². The van der Waals surface area contributed by atoms with E-state index in [0.29, 0.717) is 5.56 Å². The summed E-state index contributed by atoms with van der Waals surface area (Å²) in [6, 6.07) is 9.74. The summed E-state index contributed by atoms with van der Waals surface area (Å²) in [5, 5.41) is 36.7. The maximum atomic E-state index is 11.1. The van der Waals surface area contributed by atoms with Crippen LogP contribution in [0.4, 0.5) is 17.1 Å². The van der Waals surface area contributed by atoms with Crippen LogP contribution in [0.2, 0.25) is 0 Å². The molecule has 23 heavy (non-hydrogen) atoms. The van der Waals surface area contributed by atoms with Crippen molar-refractivity contribution < 1.29 is 15.0 Å². The van der Waals surface area contributed by atoms with E-state index in [2.05, 4.69) is 5.10 Å². The van der Waals surface area contributed by atoms with Gasteiger partial charge in [-0.25, -0.2) is 0 Å². The van der Waals surface area contributed by atoms with Crippen LogP contribution >= 0.6 is 0 Å². The van der Waals surface area contributed by atoms with Crippen molar-refractivity contribution in [2.24, 2.45) is 5.10 Å². The molecule has 0 heterocycles. The standard InChI is InChI=1S/C14H12N4O5/c1-16(15-9-10-4-2-3-5-14(10)19)12-7-6-11(17(20)21)8-13(12)18(22)23/h2-9,19H,1H3/b15-9-. The van der Waals surface area contributed by atoms with Gasteiger partial charge in [0.15, 0.2) is 0 Å². The average molecular weight is 316 g/mol. The Morgan fingerprint density at radius 2 is 1.83 bits per heavy atom. The summed E-state index contributed by atoms with van der Waals surface area (Å²) in [6.45, 7) is 0. The zero-order valence-corrected chi connectivity index (χ0v) is 12.0. The number of hydrogen-bond acceptors (Lipinski definition) is 7. The van der Waals surface area contributed by atoms with Crippen molar-refractivity contribution >= 4 is 23.3 Å². The minimum atomic E-state index is -0.714. The van der Waals surface area contributed by atoms with E-state index in [9.17, 15) is 25.3 Å². The van der Waals surface area contributed by atoms with Crippen LogP contribution in [0, 0.1) is 20.2 Å². The highest BCUT2D eigenvalue weighted by Gasteiger charge is 2.21. The van der Waals surface area contributed by atoms with E-state index in [-0.39, 0.29) is 17.1 Å². The molecule has 2 rings (SSSR count). The summed E-state index contributed by atoms with van der Waals surface area (Å²) in [6.07, 6.45) is 1.33. The summed E-state index contributed by atoms with van der Waals surface area (Å²) < 4.78 is 0. The fourth-order valence-corrected chi connectivity index (χ4v) is 1.85. The summed E-state index contributed by atoms with van der Waals surface area (Å²) >= 11 is 0. The SMILES string of the molecule is CN(/N=C\c1ccccc1O)c1ccc([N+](=O)[O-])cc1[N+](=O)[O-]. The number of hydrogen-bond donors (Lipinski definition) is 1. The first-order valence-electron chi connectivity index (χ1n) is 6.38. The molecule has 0 aromatic heterocycles. The van der Waals surface area contributed by atoms with E-state index in [1.165, 1.54) is 30.4 Å². The molecule has 118 valence electrons. The first-order valence-corrected chi connectivity index (χ1v) is 6.38. The number of anilines is 1. The second-order valence-electron chi connectivity index (χ2n) is 4.51. The molecule has 1 N–H and O–H groups in total. The van der Waals surface area contributed by atoms with Gasteiger partial charge in [-0.05, 0) is 18.2 Å². The van der Waals surface area contributed by atoms with Crippen LogP contribution in [0.15, 0.2) is 47.6 Å². The van der Waals surface area contributed by atoms with Crippen molar-refractivity contribution in [3.8, 4) is 5.75 Å². The summed E-state index contributed by atoms with van der Waals surface area (Å²) in [5.74, 6) is 0.0165. The Hall–Kier alpha value is -3.49. The predicted molar refractivity (Wildman–Crippen MR) is 83.9 cm³/mol. The van der Waals surface area contributed by atoms with E-state index in [1.54, 1.807) is 18.2 Å². The van der Waals surface area contributed by atoms with Gasteiger partial charge in [0.25, 0.3) is 5.69 Å². The maximum absolute atomic E-state index is 11.1. The maximum Gasteiger partial charge on any atom is 0.301 e. The first kappa shape index (κ1) is 15.9. The van der Waals surface area contributed by atoms with E-state index >= 15 is 0 Å². The van der Waals surface area contributed by atoms with Crippen molar-refractivity contribution in [2.75, 3.05) is 12.1 Å². The number of nitro benzene ring substituents is 2. The third-order valence-corrected chi connectivity index (χ3v) is 3.02. The van der Waals surface area contributed by atoms with Gasteiger partial charge in [-0.2, -0.15) is 5.10 Å². The molecule has 0 aliphatic rings. The molecule has 0 bridgehead atoms. The van der Waals surface area contributed by atoms with Gasteiger partial charge in [-0.1, -0.05) is 12.1 Å². The molecular formula is C14H12N4O5. The van der Waals surface area contributed by atoms with Gasteiger partial charge < -0.3 is 5.11 Å². The molecule has 0 unspecified atom stereocenters. The Morgan fingerprint density at radius 3 is 2.43 bits per heavy atom. The minimum absolute atomic E-state index is 0.0165. The van der Waals surface area contributed by atoms with E-state index in [4.69, 9.17) is 0 Å². The van der Waals surface area contributed by atoms with Gasteiger partial charge >= 0.3 is 5.69 Å².